The Morgan fingerprint density at radius 2 is 1.75 bits per heavy atom. The van der Waals surface area contributed by atoms with E-state index in [0.717, 1.165) is 18.1 Å². The van der Waals surface area contributed by atoms with Crippen molar-refractivity contribution in [2.45, 2.75) is 26.4 Å². The number of carbonyl (C=O) groups is 1. The topological polar surface area (TPSA) is 54.5 Å². The van der Waals surface area contributed by atoms with Crippen LogP contribution >= 0.6 is 0 Å². The third kappa shape index (κ3) is 4.88. The van der Waals surface area contributed by atoms with Crippen LogP contribution in [0.4, 0.5) is 11.5 Å². The average Bonchev–Trinajstić information content (AvgIpc) is 2.73. The van der Waals surface area contributed by atoms with Gasteiger partial charge in [-0.05, 0) is 55.8 Å². The van der Waals surface area contributed by atoms with E-state index in [0.29, 0.717) is 11.3 Å². The van der Waals surface area contributed by atoms with Crippen LogP contribution in [0.5, 0.6) is 5.75 Å². The second-order valence-corrected chi connectivity index (χ2v) is 6.79. The molecule has 0 aliphatic rings. The van der Waals surface area contributed by atoms with Crippen molar-refractivity contribution in [1.29, 1.82) is 0 Å². The first-order chi connectivity index (χ1) is 13.6. The molecule has 1 aromatic heterocycles. The number of amides is 1. The standard InChI is InChI=1S/C23H25N3O2/c1-17(2)26(16-18-7-5-4-6-8-18)22-14-9-19(15-24-22)23(27)25-20-10-12-21(28-3)13-11-20/h4-15,17H,16H2,1-3H3,(H,25,27). The fourth-order valence-electron chi connectivity index (χ4n) is 2.88. The molecule has 1 heterocycles. The van der Waals surface area contributed by atoms with Gasteiger partial charge in [0, 0.05) is 24.5 Å². The minimum Gasteiger partial charge on any atom is -0.497 e. The zero-order chi connectivity index (χ0) is 19.9. The van der Waals surface area contributed by atoms with E-state index in [2.05, 4.69) is 41.2 Å². The molecule has 3 aromatic rings. The molecule has 0 aliphatic heterocycles. The molecule has 0 unspecified atom stereocenters. The van der Waals surface area contributed by atoms with Crippen LogP contribution in [0.1, 0.15) is 29.8 Å². The number of pyridine rings is 1. The van der Waals surface area contributed by atoms with Crippen molar-refractivity contribution in [3.8, 4) is 5.75 Å². The number of aromatic nitrogens is 1. The first-order valence-corrected chi connectivity index (χ1v) is 9.29. The fraction of sp³-hybridized carbons (Fsp3) is 0.217. The average molecular weight is 375 g/mol. The van der Waals surface area contributed by atoms with Crippen LogP contribution in [0.15, 0.2) is 72.9 Å². The van der Waals surface area contributed by atoms with Crippen LogP contribution in [0.25, 0.3) is 0 Å². The Bertz CT molecular complexity index is 891. The van der Waals surface area contributed by atoms with Gasteiger partial charge < -0.3 is 15.0 Å². The molecule has 0 radical (unpaired) electrons. The van der Waals surface area contributed by atoms with E-state index in [4.69, 9.17) is 4.74 Å². The van der Waals surface area contributed by atoms with Crippen LogP contribution in [-0.2, 0) is 6.54 Å². The molecule has 0 atom stereocenters. The molecule has 0 spiro atoms. The lowest BCUT2D eigenvalue weighted by atomic mass is 10.2. The Balaban J connectivity index is 1.70. The predicted molar refractivity (Wildman–Crippen MR) is 113 cm³/mol. The van der Waals surface area contributed by atoms with Gasteiger partial charge in [0.1, 0.15) is 11.6 Å². The molecule has 0 fully saturated rings. The maximum atomic E-state index is 12.5. The minimum atomic E-state index is -0.191. The maximum Gasteiger partial charge on any atom is 0.257 e. The molecule has 0 bridgehead atoms. The highest BCUT2D eigenvalue weighted by molar-refractivity contribution is 6.04. The lowest BCUT2D eigenvalue weighted by Gasteiger charge is -2.28. The lowest BCUT2D eigenvalue weighted by molar-refractivity contribution is 0.102. The van der Waals surface area contributed by atoms with Crippen molar-refractivity contribution in [2.24, 2.45) is 0 Å². The van der Waals surface area contributed by atoms with Crippen molar-refractivity contribution >= 4 is 17.4 Å². The molecule has 1 N–H and O–H groups in total. The highest BCUT2D eigenvalue weighted by Gasteiger charge is 2.14. The third-order valence-electron chi connectivity index (χ3n) is 4.47. The number of methoxy groups -OCH3 is 1. The second kappa shape index (κ2) is 9.04. The van der Waals surface area contributed by atoms with Crippen molar-refractivity contribution in [1.82, 2.24) is 4.98 Å². The number of nitrogens with one attached hydrogen (secondary N) is 1. The highest BCUT2D eigenvalue weighted by atomic mass is 16.5. The van der Waals surface area contributed by atoms with Crippen LogP contribution in [0.3, 0.4) is 0 Å². The van der Waals surface area contributed by atoms with E-state index in [1.54, 1.807) is 37.6 Å². The monoisotopic (exact) mass is 375 g/mol. The summed E-state index contributed by atoms with van der Waals surface area (Å²) in [6.07, 6.45) is 1.62. The van der Waals surface area contributed by atoms with Crippen LogP contribution in [0, 0.1) is 0 Å². The van der Waals surface area contributed by atoms with Crippen LogP contribution in [0.2, 0.25) is 0 Å². The molecular weight excluding hydrogens is 350 g/mol. The summed E-state index contributed by atoms with van der Waals surface area (Å²) in [5.74, 6) is 1.40. The smallest absolute Gasteiger partial charge is 0.257 e. The van der Waals surface area contributed by atoms with Gasteiger partial charge in [-0.1, -0.05) is 30.3 Å². The fourth-order valence-corrected chi connectivity index (χ4v) is 2.88. The van der Waals surface area contributed by atoms with Crippen molar-refractivity contribution in [2.75, 3.05) is 17.3 Å². The molecule has 28 heavy (non-hydrogen) atoms. The number of hydrogen-bond acceptors (Lipinski definition) is 4. The van der Waals surface area contributed by atoms with E-state index in [9.17, 15) is 4.79 Å². The van der Waals surface area contributed by atoms with E-state index in [1.807, 2.05) is 30.3 Å². The zero-order valence-corrected chi connectivity index (χ0v) is 16.4. The normalized spacial score (nSPS) is 10.6. The molecule has 0 saturated carbocycles. The summed E-state index contributed by atoms with van der Waals surface area (Å²) in [6.45, 7) is 5.03. The number of rotatable bonds is 7. The summed E-state index contributed by atoms with van der Waals surface area (Å²) < 4.78 is 5.13. The Kier molecular flexibility index (Phi) is 6.27. The third-order valence-corrected chi connectivity index (χ3v) is 4.47. The van der Waals surface area contributed by atoms with Gasteiger partial charge in [0.25, 0.3) is 5.91 Å². The van der Waals surface area contributed by atoms with Gasteiger partial charge in [0.2, 0.25) is 0 Å². The van der Waals surface area contributed by atoms with Crippen molar-refractivity contribution in [3.05, 3.63) is 84.1 Å². The Morgan fingerprint density at radius 1 is 1.04 bits per heavy atom. The molecule has 144 valence electrons. The van der Waals surface area contributed by atoms with Crippen LogP contribution < -0.4 is 15.0 Å². The van der Waals surface area contributed by atoms with Gasteiger partial charge >= 0.3 is 0 Å². The zero-order valence-electron chi connectivity index (χ0n) is 16.4. The Morgan fingerprint density at radius 3 is 2.32 bits per heavy atom. The first kappa shape index (κ1) is 19.4. The van der Waals surface area contributed by atoms with E-state index >= 15 is 0 Å². The first-order valence-electron chi connectivity index (χ1n) is 9.29. The van der Waals surface area contributed by atoms with Crippen molar-refractivity contribution < 1.29 is 9.53 Å². The molecule has 5 heteroatoms. The lowest BCUT2D eigenvalue weighted by Crippen LogP contribution is -2.31. The Labute approximate surface area is 166 Å². The second-order valence-electron chi connectivity index (χ2n) is 6.79. The van der Waals surface area contributed by atoms with Gasteiger partial charge in [-0.2, -0.15) is 0 Å². The molecule has 0 aliphatic carbocycles. The van der Waals surface area contributed by atoms with E-state index < -0.39 is 0 Å². The number of benzene rings is 2. The Hall–Kier alpha value is -3.34. The number of nitrogens with zero attached hydrogens (tertiary/aromatic N) is 2. The largest absolute Gasteiger partial charge is 0.497 e. The quantitative estimate of drug-likeness (QED) is 0.647. The van der Waals surface area contributed by atoms with Crippen LogP contribution in [-0.4, -0.2) is 24.0 Å². The van der Waals surface area contributed by atoms with Gasteiger partial charge in [0.05, 0.1) is 12.7 Å². The number of hydrogen-bond donors (Lipinski definition) is 1. The number of anilines is 2. The van der Waals surface area contributed by atoms with Crippen molar-refractivity contribution in [3.63, 3.8) is 0 Å². The minimum absolute atomic E-state index is 0.191. The predicted octanol–water partition coefficient (Wildman–Crippen LogP) is 4.76. The number of carbonyl (C=O) groups excluding carboxylic acids is 1. The molecule has 0 saturated heterocycles. The summed E-state index contributed by atoms with van der Waals surface area (Å²) >= 11 is 0. The maximum absolute atomic E-state index is 12.5. The van der Waals surface area contributed by atoms with Gasteiger partial charge in [0.15, 0.2) is 0 Å². The SMILES string of the molecule is COc1ccc(NC(=O)c2ccc(N(Cc3ccccc3)C(C)C)nc2)cc1. The molecular formula is C23H25N3O2. The molecule has 1 amide bonds. The number of ether oxygens (including phenoxy) is 1. The summed E-state index contributed by atoms with van der Waals surface area (Å²) in [4.78, 5) is 19.2. The van der Waals surface area contributed by atoms with Gasteiger partial charge in [-0.3, -0.25) is 4.79 Å². The van der Waals surface area contributed by atoms with E-state index in [-0.39, 0.29) is 11.9 Å². The summed E-state index contributed by atoms with van der Waals surface area (Å²) in [6, 6.07) is 21.5. The highest BCUT2D eigenvalue weighted by Crippen LogP contribution is 2.19. The molecule has 2 aromatic carbocycles. The van der Waals surface area contributed by atoms with E-state index in [1.165, 1.54) is 5.56 Å². The summed E-state index contributed by atoms with van der Waals surface area (Å²) in [7, 11) is 1.61. The molecule has 3 rings (SSSR count). The summed E-state index contributed by atoms with van der Waals surface area (Å²) in [5, 5.41) is 2.87. The van der Waals surface area contributed by atoms with Gasteiger partial charge in [-0.25, -0.2) is 4.98 Å². The summed E-state index contributed by atoms with van der Waals surface area (Å²) in [5.41, 5.74) is 2.45. The molecule has 5 nitrogen and oxygen atoms in total. The van der Waals surface area contributed by atoms with Gasteiger partial charge in [-0.15, -0.1) is 0 Å².